The Morgan fingerprint density at radius 3 is 3.12 bits per heavy atom. The fraction of sp³-hybridized carbons (Fsp3) is 0.769. The van der Waals surface area contributed by atoms with Gasteiger partial charge in [-0.05, 0) is 32.2 Å². The predicted octanol–water partition coefficient (Wildman–Crippen LogP) is 2.03. The van der Waals surface area contributed by atoms with Crippen LogP contribution in [0.1, 0.15) is 44.5 Å². The molecule has 1 saturated heterocycles. The number of nitrogens with zero attached hydrogens (tertiary/aromatic N) is 2. The second-order valence-corrected chi connectivity index (χ2v) is 4.72. The molecule has 2 rings (SSSR count). The molecule has 0 aliphatic carbocycles. The maximum atomic E-state index is 5.67. The normalized spacial score (nSPS) is 21.9. The number of aryl methyl sites for hydroxylation is 1. The fourth-order valence-electron chi connectivity index (χ4n) is 2.51. The van der Waals surface area contributed by atoms with Crippen molar-refractivity contribution in [2.75, 3.05) is 13.2 Å². The molecule has 4 heteroatoms. The summed E-state index contributed by atoms with van der Waals surface area (Å²) in [6.45, 7) is 4.06. The summed E-state index contributed by atoms with van der Waals surface area (Å²) >= 11 is 0. The van der Waals surface area contributed by atoms with E-state index in [1.807, 2.05) is 12.4 Å². The third-order valence-electron chi connectivity index (χ3n) is 3.42. The first-order chi connectivity index (χ1) is 8.31. The highest BCUT2D eigenvalue weighted by Crippen LogP contribution is 2.22. The van der Waals surface area contributed by atoms with Crippen LogP contribution in [0.25, 0.3) is 0 Å². The third kappa shape index (κ3) is 3.30. The Hall–Kier alpha value is -0.870. The first-order valence-electron chi connectivity index (χ1n) is 6.63. The largest absolute Gasteiger partial charge is 0.378 e. The summed E-state index contributed by atoms with van der Waals surface area (Å²) in [5.41, 5.74) is 0. The molecular weight excluding hydrogens is 214 g/mol. The Morgan fingerprint density at radius 2 is 2.53 bits per heavy atom. The maximum Gasteiger partial charge on any atom is 0.125 e. The molecule has 1 aromatic heterocycles. The summed E-state index contributed by atoms with van der Waals surface area (Å²) in [5, 5.41) is 3.51. The van der Waals surface area contributed by atoms with Gasteiger partial charge in [-0.15, -0.1) is 0 Å². The van der Waals surface area contributed by atoms with Gasteiger partial charge >= 0.3 is 0 Å². The number of hydrogen-bond acceptors (Lipinski definition) is 3. The average Bonchev–Trinajstić information content (AvgIpc) is 2.95. The average molecular weight is 237 g/mol. The van der Waals surface area contributed by atoms with E-state index in [0.29, 0.717) is 12.1 Å². The van der Waals surface area contributed by atoms with E-state index in [9.17, 15) is 0 Å². The summed E-state index contributed by atoms with van der Waals surface area (Å²) in [6.07, 6.45) is 9.01. The Kier molecular flexibility index (Phi) is 4.57. The Balaban J connectivity index is 1.90. The summed E-state index contributed by atoms with van der Waals surface area (Å²) < 4.78 is 7.77. The number of hydrogen-bond donors (Lipinski definition) is 1. The van der Waals surface area contributed by atoms with E-state index in [4.69, 9.17) is 4.74 Å². The van der Waals surface area contributed by atoms with Gasteiger partial charge in [0.05, 0.1) is 12.1 Å². The summed E-state index contributed by atoms with van der Waals surface area (Å²) in [5.74, 6) is 1.13. The predicted molar refractivity (Wildman–Crippen MR) is 67.8 cm³/mol. The van der Waals surface area contributed by atoms with Gasteiger partial charge in [0.25, 0.3) is 0 Å². The van der Waals surface area contributed by atoms with Gasteiger partial charge in [-0.3, -0.25) is 0 Å². The van der Waals surface area contributed by atoms with Crippen LogP contribution in [-0.2, 0) is 11.8 Å². The lowest BCUT2D eigenvalue weighted by atomic mass is 10.1. The van der Waals surface area contributed by atoms with Crippen LogP contribution in [0.15, 0.2) is 12.4 Å². The van der Waals surface area contributed by atoms with Crippen molar-refractivity contribution >= 4 is 0 Å². The summed E-state index contributed by atoms with van der Waals surface area (Å²) in [4.78, 5) is 4.44. The van der Waals surface area contributed by atoms with E-state index in [0.717, 1.165) is 31.8 Å². The molecule has 2 heterocycles. The second-order valence-electron chi connectivity index (χ2n) is 4.72. The van der Waals surface area contributed by atoms with Gasteiger partial charge in [0.1, 0.15) is 5.82 Å². The number of imidazole rings is 1. The van der Waals surface area contributed by atoms with Crippen LogP contribution in [0.2, 0.25) is 0 Å². The van der Waals surface area contributed by atoms with Crippen molar-refractivity contribution < 1.29 is 4.74 Å². The molecule has 1 N–H and O–H groups in total. The van der Waals surface area contributed by atoms with E-state index in [-0.39, 0.29) is 0 Å². The zero-order valence-electron chi connectivity index (χ0n) is 10.9. The summed E-state index contributed by atoms with van der Waals surface area (Å²) in [6, 6.07) is 0.351. The quantitative estimate of drug-likeness (QED) is 0.823. The van der Waals surface area contributed by atoms with Crippen LogP contribution in [0.4, 0.5) is 0 Å². The fourth-order valence-corrected chi connectivity index (χ4v) is 2.51. The number of aromatic nitrogens is 2. The molecule has 1 aliphatic rings. The van der Waals surface area contributed by atoms with Gasteiger partial charge in [-0.2, -0.15) is 0 Å². The van der Waals surface area contributed by atoms with Crippen LogP contribution in [0.3, 0.4) is 0 Å². The minimum atomic E-state index is 0.351. The number of rotatable bonds is 6. The maximum absolute atomic E-state index is 5.67. The molecule has 2 unspecified atom stereocenters. The first kappa shape index (κ1) is 12.6. The van der Waals surface area contributed by atoms with E-state index >= 15 is 0 Å². The molecule has 0 bridgehead atoms. The van der Waals surface area contributed by atoms with Gasteiger partial charge in [0, 0.05) is 26.0 Å². The molecule has 0 aromatic carbocycles. The minimum absolute atomic E-state index is 0.351. The second kappa shape index (κ2) is 6.17. The highest BCUT2D eigenvalue weighted by Gasteiger charge is 2.20. The van der Waals surface area contributed by atoms with Crippen molar-refractivity contribution in [3.05, 3.63) is 18.2 Å². The van der Waals surface area contributed by atoms with Crippen LogP contribution in [0.5, 0.6) is 0 Å². The van der Waals surface area contributed by atoms with Gasteiger partial charge in [-0.1, -0.05) is 6.92 Å². The van der Waals surface area contributed by atoms with Gasteiger partial charge in [-0.25, -0.2) is 4.98 Å². The minimum Gasteiger partial charge on any atom is -0.378 e. The van der Waals surface area contributed by atoms with Crippen molar-refractivity contribution in [2.45, 2.75) is 44.8 Å². The van der Waals surface area contributed by atoms with Gasteiger partial charge in [0.15, 0.2) is 0 Å². The molecule has 4 nitrogen and oxygen atoms in total. The zero-order valence-corrected chi connectivity index (χ0v) is 10.9. The van der Waals surface area contributed by atoms with Crippen molar-refractivity contribution in [3.8, 4) is 0 Å². The molecule has 1 aliphatic heterocycles. The van der Waals surface area contributed by atoms with Crippen molar-refractivity contribution in [1.82, 2.24) is 14.9 Å². The zero-order chi connectivity index (χ0) is 12.1. The third-order valence-corrected chi connectivity index (χ3v) is 3.42. The van der Waals surface area contributed by atoms with Crippen LogP contribution in [-0.4, -0.2) is 28.8 Å². The van der Waals surface area contributed by atoms with Gasteiger partial charge < -0.3 is 14.6 Å². The van der Waals surface area contributed by atoms with E-state index in [1.165, 1.54) is 12.8 Å². The molecule has 96 valence electrons. The number of nitrogens with one attached hydrogen (secondary N) is 1. The molecule has 1 aromatic rings. The smallest absolute Gasteiger partial charge is 0.125 e. The molecule has 0 saturated carbocycles. The molecule has 1 fully saturated rings. The molecule has 2 atom stereocenters. The van der Waals surface area contributed by atoms with Crippen molar-refractivity contribution in [1.29, 1.82) is 0 Å². The van der Waals surface area contributed by atoms with Crippen LogP contribution < -0.4 is 5.32 Å². The van der Waals surface area contributed by atoms with E-state index < -0.39 is 0 Å². The van der Waals surface area contributed by atoms with E-state index in [2.05, 4.69) is 28.8 Å². The lowest BCUT2D eigenvalue weighted by Crippen LogP contribution is -2.25. The standard InChI is InChI=1S/C13H23N3O/c1-3-14-12(13-15-8-9-16(13)2)7-6-11-5-4-10-17-11/h8-9,11-12,14H,3-7,10H2,1-2H3. The lowest BCUT2D eigenvalue weighted by molar-refractivity contribution is 0.0993. The molecule has 0 amide bonds. The number of ether oxygens (including phenoxy) is 1. The topological polar surface area (TPSA) is 39.1 Å². The van der Waals surface area contributed by atoms with Crippen LogP contribution in [0, 0.1) is 0 Å². The molecular formula is C13H23N3O. The van der Waals surface area contributed by atoms with Gasteiger partial charge in [0.2, 0.25) is 0 Å². The Labute approximate surface area is 103 Å². The highest BCUT2D eigenvalue weighted by molar-refractivity contribution is 4.98. The molecule has 0 radical (unpaired) electrons. The highest BCUT2D eigenvalue weighted by atomic mass is 16.5. The van der Waals surface area contributed by atoms with Crippen molar-refractivity contribution in [3.63, 3.8) is 0 Å². The van der Waals surface area contributed by atoms with Crippen LogP contribution >= 0.6 is 0 Å². The lowest BCUT2D eigenvalue weighted by Gasteiger charge is -2.19. The Bertz CT molecular complexity index is 331. The Morgan fingerprint density at radius 1 is 1.65 bits per heavy atom. The SMILES string of the molecule is CCNC(CCC1CCCO1)c1nccn1C. The van der Waals surface area contributed by atoms with Crippen molar-refractivity contribution in [2.24, 2.45) is 7.05 Å². The monoisotopic (exact) mass is 237 g/mol. The molecule has 17 heavy (non-hydrogen) atoms. The molecule has 0 spiro atoms. The first-order valence-corrected chi connectivity index (χ1v) is 6.63. The van der Waals surface area contributed by atoms with E-state index in [1.54, 1.807) is 0 Å². The summed E-state index contributed by atoms with van der Waals surface area (Å²) in [7, 11) is 2.05.